The van der Waals surface area contributed by atoms with Crippen LogP contribution in [-0.4, -0.2) is 81.5 Å². The molecule has 12 heteroatoms. The summed E-state index contributed by atoms with van der Waals surface area (Å²) < 4.78 is 10.8. The molecule has 194 valence electrons. The summed E-state index contributed by atoms with van der Waals surface area (Å²) in [5.41, 5.74) is 0. The highest BCUT2D eigenvalue weighted by atomic mass is 16.6. The van der Waals surface area contributed by atoms with Crippen molar-refractivity contribution >= 4 is 23.3 Å². The fraction of sp³-hybridized carbons (Fsp3) is 0.833. The molecule has 0 aromatic carbocycles. The Balaban J connectivity index is 1.19. The van der Waals surface area contributed by atoms with Gasteiger partial charge in [-0.15, -0.1) is 0 Å². The first-order valence-electron chi connectivity index (χ1n) is 14.1. The highest BCUT2D eigenvalue weighted by molar-refractivity contribution is 5.76. The van der Waals surface area contributed by atoms with E-state index in [2.05, 4.69) is 50.0 Å². The van der Waals surface area contributed by atoms with Gasteiger partial charge in [-0.25, -0.2) is 9.26 Å². The normalized spacial score (nSPS) is 30.0. The minimum absolute atomic E-state index is 0.0575. The molecule has 2 aliphatic carbocycles. The summed E-state index contributed by atoms with van der Waals surface area (Å²) >= 11 is 0. The molecule has 0 unspecified atom stereocenters. The van der Waals surface area contributed by atoms with E-state index in [-0.39, 0.29) is 12.3 Å². The smallest absolute Gasteiger partial charge is 0.220 e. The molecule has 0 radical (unpaired) electrons. The zero-order valence-electron chi connectivity index (χ0n) is 20.9. The molecular formula is C24H36N10O2. The van der Waals surface area contributed by atoms with E-state index in [1.807, 2.05) is 0 Å². The molecule has 0 N–H and O–H groups in total. The second kappa shape index (κ2) is 8.47. The maximum Gasteiger partial charge on any atom is 0.220 e. The van der Waals surface area contributed by atoms with Gasteiger partial charge < -0.3 is 19.6 Å². The quantitative estimate of drug-likeness (QED) is 0.572. The zero-order valence-corrected chi connectivity index (χ0v) is 20.9. The molecule has 36 heavy (non-hydrogen) atoms. The lowest BCUT2D eigenvalue weighted by molar-refractivity contribution is 0.0968. The van der Waals surface area contributed by atoms with Gasteiger partial charge in [0.15, 0.2) is 0 Å². The van der Waals surface area contributed by atoms with Gasteiger partial charge in [0.25, 0.3) is 0 Å². The van der Waals surface area contributed by atoms with Crippen molar-refractivity contribution in [3.63, 3.8) is 0 Å². The van der Waals surface area contributed by atoms with Crippen LogP contribution in [0.5, 0.6) is 0 Å². The number of anilines is 4. The second-order valence-electron chi connectivity index (χ2n) is 11.6. The molecule has 0 atom stereocenters. The number of nitrogens with zero attached hydrogens (tertiary/aromatic N) is 10. The average molecular weight is 497 g/mol. The predicted molar refractivity (Wildman–Crippen MR) is 132 cm³/mol. The topological polar surface area (TPSA) is 97.3 Å². The van der Waals surface area contributed by atoms with Crippen molar-refractivity contribution in [2.45, 2.75) is 101 Å². The average Bonchev–Trinajstić information content (AvgIpc) is 3.43. The summed E-state index contributed by atoms with van der Waals surface area (Å²) in [6.45, 7) is 3.33. The molecule has 0 amide bonds. The molecule has 6 heterocycles. The van der Waals surface area contributed by atoms with Crippen LogP contribution in [0.4, 0.5) is 23.3 Å². The van der Waals surface area contributed by atoms with Crippen LogP contribution in [0.2, 0.25) is 0 Å². The minimum atomic E-state index is 0.0575. The van der Waals surface area contributed by atoms with Crippen LogP contribution in [0.25, 0.3) is 0 Å². The molecule has 4 fully saturated rings. The molecular weight excluding hydrogens is 460 g/mol. The fourth-order valence-electron chi connectivity index (χ4n) is 7.75. The van der Waals surface area contributed by atoms with E-state index in [1.54, 1.807) is 0 Å². The molecule has 0 spiro atoms. The van der Waals surface area contributed by atoms with E-state index in [1.165, 1.54) is 77.0 Å². The van der Waals surface area contributed by atoms with Gasteiger partial charge in [-0.1, -0.05) is 51.4 Å². The van der Waals surface area contributed by atoms with Crippen LogP contribution in [0.3, 0.4) is 0 Å². The Bertz CT molecular complexity index is 933. The summed E-state index contributed by atoms with van der Waals surface area (Å²) in [5, 5.41) is 17.8. The third-order valence-electron chi connectivity index (χ3n) is 9.56. The van der Waals surface area contributed by atoms with Crippen molar-refractivity contribution in [1.29, 1.82) is 0 Å². The van der Waals surface area contributed by atoms with Gasteiger partial charge in [-0.05, 0) is 46.3 Å². The van der Waals surface area contributed by atoms with E-state index in [9.17, 15) is 0 Å². The maximum absolute atomic E-state index is 5.41. The van der Waals surface area contributed by atoms with E-state index >= 15 is 0 Å². The van der Waals surface area contributed by atoms with Crippen molar-refractivity contribution in [1.82, 2.24) is 30.4 Å². The van der Waals surface area contributed by atoms with E-state index in [0.717, 1.165) is 49.9 Å². The Hall–Kier alpha value is -2.60. The van der Waals surface area contributed by atoms with E-state index < -0.39 is 0 Å². The third-order valence-corrected chi connectivity index (χ3v) is 9.56. The molecule has 8 rings (SSSR count). The van der Waals surface area contributed by atoms with Crippen LogP contribution in [0.1, 0.15) is 77.0 Å². The summed E-state index contributed by atoms with van der Waals surface area (Å²) in [6, 6.07) is 1.13. The lowest BCUT2D eigenvalue weighted by Crippen LogP contribution is -2.80. The lowest BCUT2D eigenvalue weighted by atomic mass is 10.0. The van der Waals surface area contributed by atoms with E-state index in [4.69, 9.17) is 9.26 Å². The van der Waals surface area contributed by atoms with Gasteiger partial charge in [0.05, 0.1) is 26.7 Å². The van der Waals surface area contributed by atoms with Crippen LogP contribution < -0.4 is 19.6 Å². The van der Waals surface area contributed by atoms with Crippen LogP contribution in [-0.2, 0) is 0 Å². The first-order valence-corrected chi connectivity index (χ1v) is 14.1. The van der Waals surface area contributed by atoms with Crippen molar-refractivity contribution in [3.05, 3.63) is 0 Å². The van der Waals surface area contributed by atoms with E-state index in [0.29, 0.717) is 12.1 Å². The first kappa shape index (κ1) is 21.5. The van der Waals surface area contributed by atoms with Gasteiger partial charge >= 0.3 is 0 Å². The molecule has 2 aromatic rings. The fourth-order valence-corrected chi connectivity index (χ4v) is 7.75. The maximum atomic E-state index is 5.41. The lowest BCUT2D eigenvalue weighted by Gasteiger charge is -2.63. The molecule has 6 aliphatic rings. The number of aromatic nitrogens is 4. The van der Waals surface area contributed by atoms with Crippen molar-refractivity contribution < 1.29 is 9.26 Å². The highest BCUT2D eigenvalue weighted by Gasteiger charge is 2.58. The Labute approximate surface area is 211 Å². The molecule has 12 nitrogen and oxygen atoms in total. The SMILES string of the molecule is C1CCCC(N2CN3c4nonc4N4CN(C5CCCCCC5)CN5c6nonc6N(C2)C3C45)CC1. The van der Waals surface area contributed by atoms with Gasteiger partial charge in [-0.2, -0.15) is 0 Å². The standard InChI is InChI=1S/C24H36N10O2/c1-2-6-10-17(9-5-1)29-13-31-19-21(27-35-25-19)33-15-30(18-11-7-3-4-8-12-18)16-34-22-20(26-36-28-22)32(14-29)23(31)24(33)34/h17-18,23-24H,1-16H2. The Morgan fingerprint density at radius 1 is 0.444 bits per heavy atom. The molecule has 2 aromatic heterocycles. The Morgan fingerprint density at radius 2 is 0.750 bits per heavy atom. The van der Waals surface area contributed by atoms with Crippen LogP contribution in [0.15, 0.2) is 9.26 Å². The third kappa shape index (κ3) is 3.19. The summed E-state index contributed by atoms with van der Waals surface area (Å²) in [7, 11) is 0. The molecule has 4 aliphatic heterocycles. The summed E-state index contributed by atoms with van der Waals surface area (Å²) in [6.07, 6.45) is 15.7. The number of fused-ring (bicyclic) bond motifs is 6. The zero-order chi connectivity index (χ0) is 23.6. The van der Waals surface area contributed by atoms with Crippen molar-refractivity contribution in [2.24, 2.45) is 0 Å². The van der Waals surface area contributed by atoms with Crippen molar-refractivity contribution in [2.75, 3.05) is 46.3 Å². The minimum Gasteiger partial charge on any atom is -0.313 e. The molecule has 2 saturated heterocycles. The van der Waals surface area contributed by atoms with Crippen LogP contribution >= 0.6 is 0 Å². The van der Waals surface area contributed by atoms with Crippen LogP contribution in [0, 0.1) is 0 Å². The molecule has 0 bridgehead atoms. The molecule has 2 saturated carbocycles. The largest absolute Gasteiger partial charge is 0.313 e. The number of rotatable bonds is 2. The van der Waals surface area contributed by atoms with Gasteiger partial charge in [0.1, 0.15) is 12.3 Å². The summed E-state index contributed by atoms with van der Waals surface area (Å²) in [4.78, 5) is 14.8. The van der Waals surface area contributed by atoms with Crippen molar-refractivity contribution in [3.8, 4) is 0 Å². The summed E-state index contributed by atoms with van der Waals surface area (Å²) in [5.74, 6) is 3.40. The first-order chi connectivity index (χ1) is 17.9. The monoisotopic (exact) mass is 496 g/mol. The van der Waals surface area contributed by atoms with Gasteiger partial charge in [0, 0.05) is 12.1 Å². The number of hydrogen-bond donors (Lipinski definition) is 0. The van der Waals surface area contributed by atoms with Gasteiger partial charge in [0.2, 0.25) is 23.3 Å². The second-order valence-corrected chi connectivity index (χ2v) is 11.6. The number of hydrogen-bond acceptors (Lipinski definition) is 12. The predicted octanol–water partition coefficient (Wildman–Crippen LogP) is 2.96. The highest BCUT2D eigenvalue weighted by Crippen LogP contribution is 2.49. The Kier molecular flexibility index (Phi) is 5.06. The Morgan fingerprint density at radius 3 is 1.06 bits per heavy atom. The van der Waals surface area contributed by atoms with Gasteiger partial charge in [-0.3, -0.25) is 9.80 Å².